The van der Waals surface area contributed by atoms with Crippen molar-refractivity contribution in [3.05, 3.63) is 36.7 Å². The van der Waals surface area contributed by atoms with Crippen molar-refractivity contribution < 1.29 is 18.3 Å². The van der Waals surface area contributed by atoms with Crippen molar-refractivity contribution in [3.63, 3.8) is 0 Å². The number of amides is 1. The zero-order chi connectivity index (χ0) is 22.9. The van der Waals surface area contributed by atoms with Gasteiger partial charge < -0.3 is 20.3 Å². The summed E-state index contributed by atoms with van der Waals surface area (Å²) in [7, 11) is 0. The zero-order valence-electron chi connectivity index (χ0n) is 18.3. The Morgan fingerprint density at radius 2 is 1.94 bits per heavy atom. The highest BCUT2D eigenvalue weighted by Crippen LogP contribution is 2.33. The number of hydrogen-bond donors (Lipinski definition) is 2. The van der Waals surface area contributed by atoms with Gasteiger partial charge in [0.1, 0.15) is 17.9 Å². The van der Waals surface area contributed by atoms with Gasteiger partial charge in [-0.3, -0.25) is 9.36 Å². The number of nitrogens with zero attached hydrogens (tertiary/aromatic N) is 4. The molecule has 2 aliphatic heterocycles. The lowest BCUT2D eigenvalue weighted by Gasteiger charge is -2.29. The van der Waals surface area contributed by atoms with Gasteiger partial charge in [-0.15, -0.1) is 0 Å². The average molecular weight is 456 g/mol. The van der Waals surface area contributed by atoms with Crippen LogP contribution in [0, 0.1) is 5.92 Å². The van der Waals surface area contributed by atoms with Crippen molar-refractivity contribution >= 4 is 22.6 Å². The first-order chi connectivity index (χ1) is 16.0. The normalized spacial score (nSPS) is 19.8. The fraction of sp³-hybridized carbons (Fsp3) is 0.435. The monoisotopic (exact) mass is 456 g/mol. The minimum Gasteiger partial charge on any atom is -0.473 e. The minimum atomic E-state index is -2.77. The summed E-state index contributed by atoms with van der Waals surface area (Å²) < 4.78 is 34.1. The Kier molecular flexibility index (Phi) is 5.84. The highest BCUT2D eigenvalue weighted by molar-refractivity contribution is 5.85. The smallest absolute Gasteiger partial charge is 0.320 e. The average Bonchev–Trinajstić information content (AvgIpc) is 3.46. The molecular weight excluding hydrogens is 430 g/mol. The summed E-state index contributed by atoms with van der Waals surface area (Å²) in [5.74, 6) is 0.00193. The third-order valence-corrected chi connectivity index (χ3v) is 6.35. The molecule has 1 amide bonds. The van der Waals surface area contributed by atoms with Crippen LogP contribution in [-0.4, -0.2) is 59.3 Å². The van der Waals surface area contributed by atoms with Gasteiger partial charge >= 0.3 is 6.55 Å². The second-order valence-corrected chi connectivity index (χ2v) is 8.49. The lowest BCUT2D eigenvalue weighted by Crippen LogP contribution is -2.43. The molecule has 2 atom stereocenters. The van der Waals surface area contributed by atoms with Crippen LogP contribution in [0.5, 0.6) is 5.88 Å². The molecule has 8 nitrogen and oxygen atoms in total. The van der Waals surface area contributed by atoms with Gasteiger partial charge in [0.2, 0.25) is 11.8 Å². The van der Waals surface area contributed by atoms with E-state index in [1.54, 1.807) is 6.07 Å². The molecule has 33 heavy (non-hydrogen) atoms. The Labute approximate surface area is 189 Å². The number of halogens is 2. The van der Waals surface area contributed by atoms with Gasteiger partial charge in [-0.05, 0) is 25.1 Å². The summed E-state index contributed by atoms with van der Waals surface area (Å²) in [6.07, 6.45) is 1.06. The number of nitrogens with one attached hydrogen (secondary N) is 2. The Hall–Kier alpha value is -3.27. The molecule has 0 saturated carbocycles. The quantitative estimate of drug-likeness (QED) is 0.594. The van der Waals surface area contributed by atoms with Crippen molar-refractivity contribution in [2.24, 2.45) is 5.92 Å². The molecule has 2 aliphatic rings. The van der Waals surface area contributed by atoms with Crippen LogP contribution in [0.15, 0.2) is 36.7 Å². The fourth-order valence-corrected chi connectivity index (χ4v) is 4.40. The van der Waals surface area contributed by atoms with Crippen LogP contribution in [0.3, 0.4) is 0 Å². The third kappa shape index (κ3) is 4.35. The van der Waals surface area contributed by atoms with E-state index in [1.165, 1.54) is 0 Å². The molecule has 0 spiro atoms. The van der Waals surface area contributed by atoms with Gasteiger partial charge in [0, 0.05) is 56.3 Å². The van der Waals surface area contributed by atoms with Crippen molar-refractivity contribution in [1.82, 2.24) is 25.2 Å². The second-order valence-electron chi connectivity index (χ2n) is 8.49. The summed E-state index contributed by atoms with van der Waals surface area (Å²) in [5.41, 5.74) is 3.10. The Bertz CT molecular complexity index is 1140. The molecule has 0 aliphatic carbocycles. The number of alkyl halides is 2. The van der Waals surface area contributed by atoms with Gasteiger partial charge in [0.25, 0.3) is 0 Å². The van der Waals surface area contributed by atoms with Gasteiger partial charge in [0.15, 0.2) is 0 Å². The lowest BCUT2D eigenvalue weighted by atomic mass is 10.0. The number of aromatic nitrogens is 3. The lowest BCUT2D eigenvalue weighted by molar-refractivity contribution is -0.119. The molecule has 2 saturated heterocycles. The highest BCUT2D eigenvalue weighted by atomic mass is 19.3. The van der Waals surface area contributed by atoms with E-state index >= 15 is 0 Å². The van der Waals surface area contributed by atoms with E-state index in [9.17, 15) is 13.6 Å². The van der Waals surface area contributed by atoms with Crippen molar-refractivity contribution in [2.75, 3.05) is 37.6 Å². The standard InChI is InChI=1S/C23H26F2N6O2/c1-14(16-10-20(32)27-12-16)33-22-21-19(28-13-31(21)23(24)25)11-18(29-22)15-2-4-17(5-3-15)30-8-6-26-7-9-30/h2-5,11,13-14,16,23,26H,6-10,12H2,1H3,(H,27,32)/t14-,16-/m1/s1. The highest BCUT2D eigenvalue weighted by Gasteiger charge is 2.29. The van der Waals surface area contributed by atoms with Crippen LogP contribution in [0.1, 0.15) is 19.9 Å². The predicted octanol–water partition coefficient (Wildman–Crippen LogP) is 2.81. The molecule has 0 unspecified atom stereocenters. The number of piperazine rings is 1. The summed E-state index contributed by atoms with van der Waals surface area (Å²) in [5, 5.41) is 6.13. The maximum absolute atomic E-state index is 13.6. The summed E-state index contributed by atoms with van der Waals surface area (Å²) in [4.78, 5) is 22.7. The Morgan fingerprint density at radius 3 is 2.61 bits per heavy atom. The van der Waals surface area contributed by atoms with E-state index in [0.717, 1.165) is 48.3 Å². The number of imidazole rings is 1. The SMILES string of the molecule is C[C@@H](Oc1nc(-c2ccc(N3CCNCC3)cc2)cc2ncn(C(F)F)c12)[C@H]1CNC(=O)C1. The minimum absolute atomic E-state index is 0.0375. The first-order valence-corrected chi connectivity index (χ1v) is 11.1. The van der Waals surface area contributed by atoms with Crippen LogP contribution in [0.2, 0.25) is 0 Å². The van der Waals surface area contributed by atoms with Crippen LogP contribution in [0.4, 0.5) is 14.5 Å². The summed E-state index contributed by atoms with van der Waals surface area (Å²) in [6.45, 7) is 3.35. The number of carbonyl (C=O) groups is 1. The van der Waals surface area contributed by atoms with Crippen molar-refractivity contribution in [2.45, 2.75) is 26.0 Å². The maximum atomic E-state index is 13.6. The molecule has 4 heterocycles. The third-order valence-electron chi connectivity index (χ3n) is 6.35. The van der Waals surface area contributed by atoms with E-state index in [0.29, 0.717) is 24.2 Å². The molecule has 0 bridgehead atoms. The molecular formula is C23H26F2N6O2. The van der Waals surface area contributed by atoms with Gasteiger partial charge in [-0.25, -0.2) is 9.97 Å². The first kappa shape index (κ1) is 21.6. The first-order valence-electron chi connectivity index (χ1n) is 11.1. The van der Waals surface area contributed by atoms with Crippen molar-refractivity contribution in [1.29, 1.82) is 0 Å². The van der Waals surface area contributed by atoms with Crippen molar-refractivity contribution in [3.8, 4) is 17.1 Å². The number of benzene rings is 1. The number of carbonyl (C=O) groups excluding carboxylic acids is 1. The Balaban J connectivity index is 1.48. The van der Waals surface area contributed by atoms with E-state index in [4.69, 9.17) is 4.74 Å². The summed E-state index contributed by atoms with van der Waals surface area (Å²) in [6, 6.07) is 9.74. The molecule has 2 N–H and O–H groups in total. The fourth-order valence-electron chi connectivity index (χ4n) is 4.40. The molecule has 2 aromatic heterocycles. The van der Waals surface area contributed by atoms with E-state index in [-0.39, 0.29) is 29.3 Å². The number of anilines is 1. The largest absolute Gasteiger partial charge is 0.473 e. The predicted molar refractivity (Wildman–Crippen MR) is 121 cm³/mol. The number of ether oxygens (including phenoxy) is 1. The van der Waals surface area contributed by atoms with Crippen LogP contribution in [-0.2, 0) is 4.79 Å². The van der Waals surface area contributed by atoms with E-state index in [2.05, 4.69) is 25.5 Å². The van der Waals surface area contributed by atoms with Crippen LogP contribution >= 0.6 is 0 Å². The van der Waals surface area contributed by atoms with Gasteiger partial charge in [-0.2, -0.15) is 8.78 Å². The molecule has 0 radical (unpaired) electrons. The summed E-state index contributed by atoms with van der Waals surface area (Å²) >= 11 is 0. The molecule has 3 aromatic rings. The maximum Gasteiger partial charge on any atom is 0.320 e. The number of rotatable bonds is 6. The van der Waals surface area contributed by atoms with E-state index < -0.39 is 6.55 Å². The number of pyridine rings is 1. The van der Waals surface area contributed by atoms with E-state index in [1.807, 2.05) is 31.2 Å². The molecule has 5 rings (SSSR count). The molecule has 174 valence electrons. The van der Waals surface area contributed by atoms with Gasteiger partial charge in [0.05, 0.1) is 11.2 Å². The van der Waals surface area contributed by atoms with Crippen LogP contribution in [0.25, 0.3) is 22.3 Å². The topological polar surface area (TPSA) is 84.3 Å². The van der Waals surface area contributed by atoms with Gasteiger partial charge in [-0.1, -0.05) is 12.1 Å². The number of hydrogen-bond acceptors (Lipinski definition) is 6. The molecule has 2 fully saturated rings. The van der Waals surface area contributed by atoms with Crippen LogP contribution < -0.4 is 20.3 Å². The number of fused-ring (bicyclic) bond motifs is 1. The molecule has 1 aromatic carbocycles. The Morgan fingerprint density at radius 1 is 1.18 bits per heavy atom. The zero-order valence-corrected chi connectivity index (χ0v) is 18.3. The second kappa shape index (κ2) is 8.93. The molecule has 10 heteroatoms.